The molecule has 1 N–H and O–H groups in total. The molecule has 4 rings (SSSR count). The minimum atomic E-state index is 0.00770. The molecule has 1 saturated heterocycles. The van der Waals surface area contributed by atoms with Crippen molar-refractivity contribution in [1.82, 2.24) is 29.5 Å². The minimum Gasteiger partial charge on any atom is -0.336 e. The molecule has 25 heavy (non-hydrogen) atoms. The summed E-state index contributed by atoms with van der Waals surface area (Å²) in [7, 11) is 0. The second kappa shape index (κ2) is 7.20. The van der Waals surface area contributed by atoms with E-state index in [0.717, 1.165) is 49.8 Å². The summed E-state index contributed by atoms with van der Waals surface area (Å²) >= 11 is 1.63. The molecule has 0 aromatic carbocycles. The molecule has 3 aromatic rings. The molecule has 0 bridgehead atoms. The number of aromatic nitrogens is 4. The molecule has 0 saturated carbocycles. The second-order valence-corrected chi connectivity index (χ2v) is 7.03. The summed E-state index contributed by atoms with van der Waals surface area (Å²) in [5.74, 6) is 0.00770. The van der Waals surface area contributed by atoms with E-state index in [1.807, 2.05) is 41.0 Å². The summed E-state index contributed by atoms with van der Waals surface area (Å²) in [6.07, 6.45) is 5.61. The summed E-state index contributed by atoms with van der Waals surface area (Å²) in [6.45, 7) is 5.17. The van der Waals surface area contributed by atoms with E-state index in [1.165, 1.54) is 0 Å². The van der Waals surface area contributed by atoms with Crippen molar-refractivity contribution < 1.29 is 4.79 Å². The molecule has 0 aliphatic carbocycles. The lowest BCUT2D eigenvalue weighted by molar-refractivity contribution is 0.0627. The SMILES string of the molecule is O=C(c1cc(-c2cccs2)[nH]n1)N1CCN(CCn2ccnc2)CC1. The van der Waals surface area contributed by atoms with Crippen LogP contribution in [0.1, 0.15) is 10.5 Å². The molecule has 1 aliphatic heterocycles. The fourth-order valence-corrected chi connectivity index (χ4v) is 3.69. The van der Waals surface area contributed by atoms with Crippen LogP contribution in [-0.4, -0.2) is 68.2 Å². The van der Waals surface area contributed by atoms with Gasteiger partial charge in [-0.1, -0.05) is 6.07 Å². The first kappa shape index (κ1) is 16.0. The molecule has 0 spiro atoms. The van der Waals surface area contributed by atoms with Gasteiger partial charge in [0, 0.05) is 51.7 Å². The van der Waals surface area contributed by atoms with Crippen molar-refractivity contribution in [1.29, 1.82) is 0 Å². The largest absolute Gasteiger partial charge is 0.336 e. The topological polar surface area (TPSA) is 70.1 Å². The number of hydrogen-bond donors (Lipinski definition) is 1. The monoisotopic (exact) mass is 356 g/mol. The van der Waals surface area contributed by atoms with E-state index in [9.17, 15) is 4.79 Å². The number of carbonyl (C=O) groups is 1. The maximum atomic E-state index is 12.6. The van der Waals surface area contributed by atoms with Crippen LogP contribution in [-0.2, 0) is 6.54 Å². The lowest BCUT2D eigenvalue weighted by Gasteiger charge is -2.34. The first-order chi connectivity index (χ1) is 12.3. The molecule has 0 atom stereocenters. The van der Waals surface area contributed by atoms with Crippen molar-refractivity contribution in [3.8, 4) is 10.6 Å². The predicted octanol–water partition coefficient (Wildman–Crippen LogP) is 1.79. The number of nitrogens with zero attached hydrogens (tertiary/aromatic N) is 5. The molecule has 1 fully saturated rings. The average molecular weight is 356 g/mol. The van der Waals surface area contributed by atoms with Crippen molar-refractivity contribution >= 4 is 17.2 Å². The molecule has 7 nitrogen and oxygen atoms in total. The van der Waals surface area contributed by atoms with E-state index in [2.05, 4.69) is 24.6 Å². The zero-order valence-electron chi connectivity index (χ0n) is 13.8. The van der Waals surface area contributed by atoms with E-state index >= 15 is 0 Å². The Balaban J connectivity index is 1.30. The van der Waals surface area contributed by atoms with Gasteiger partial charge in [-0.05, 0) is 17.5 Å². The number of hydrogen-bond acceptors (Lipinski definition) is 5. The third-order valence-electron chi connectivity index (χ3n) is 4.48. The van der Waals surface area contributed by atoms with Crippen LogP contribution in [0.2, 0.25) is 0 Å². The quantitative estimate of drug-likeness (QED) is 0.757. The fraction of sp³-hybridized carbons (Fsp3) is 0.353. The Bertz CT molecular complexity index is 802. The van der Waals surface area contributed by atoms with Gasteiger partial charge in [-0.15, -0.1) is 11.3 Å². The van der Waals surface area contributed by atoms with Gasteiger partial charge in [-0.2, -0.15) is 5.10 Å². The van der Waals surface area contributed by atoms with Crippen LogP contribution in [0.25, 0.3) is 10.6 Å². The van der Waals surface area contributed by atoms with Crippen LogP contribution in [0, 0.1) is 0 Å². The molecule has 1 amide bonds. The molecule has 1 aliphatic rings. The van der Waals surface area contributed by atoms with Gasteiger partial charge >= 0.3 is 0 Å². The minimum absolute atomic E-state index is 0.00770. The summed E-state index contributed by atoms with van der Waals surface area (Å²) in [5, 5.41) is 9.18. The number of nitrogens with one attached hydrogen (secondary N) is 1. The number of amides is 1. The number of rotatable bonds is 5. The molecular weight excluding hydrogens is 336 g/mol. The third-order valence-corrected chi connectivity index (χ3v) is 5.38. The highest BCUT2D eigenvalue weighted by molar-refractivity contribution is 7.13. The Morgan fingerprint density at radius 2 is 2.12 bits per heavy atom. The van der Waals surface area contributed by atoms with Crippen LogP contribution < -0.4 is 0 Å². The predicted molar refractivity (Wildman–Crippen MR) is 96.5 cm³/mol. The average Bonchev–Trinajstić information content (AvgIpc) is 3.42. The van der Waals surface area contributed by atoms with E-state index in [-0.39, 0.29) is 5.91 Å². The van der Waals surface area contributed by atoms with Crippen LogP contribution in [0.4, 0.5) is 0 Å². The number of piperazine rings is 1. The van der Waals surface area contributed by atoms with Gasteiger partial charge in [0.05, 0.1) is 16.9 Å². The van der Waals surface area contributed by atoms with Gasteiger partial charge in [-0.25, -0.2) is 4.98 Å². The number of H-pyrrole nitrogens is 1. The van der Waals surface area contributed by atoms with Gasteiger partial charge in [0.25, 0.3) is 5.91 Å². The Morgan fingerprint density at radius 1 is 1.24 bits per heavy atom. The van der Waals surface area contributed by atoms with E-state index in [4.69, 9.17) is 0 Å². The summed E-state index contributed by atoms with van der Waals surface area (Å²) in [6, 6.07) is 5.86. The molecule has 0 unspecified atom stereocenters. The van der Waals surface area contributed by atoms with Crippen LogP contribution in [0.15, 0.2) is 42.3 Å². The number of aromatic amines is 1. The smallest absolute Gasteiger partial charge is 0.274 e. The lowest BCUT2D eigenvalue weighted by Crippen LogP contribution is -2.49. The fourth-order valence-electron chi connectivity index (χ4n) is 3.00. The van der Waals surface area contributed by atoms with Crippen molar-refractivity contribution in [3.63, 3.8) is 0 Å². The number of imidazole rings is 1. The summed E-state index contributed by atoms with van der Waals surface area (Å²) in [4.78, 5) is 22.1. The maximum Gasteiger partial charge on any atom is 0.274 e. The highest BCUT2D eigenvalue weighted by Gasteiger charge is 2.23. The van der Waals surface area contributed by atoms with Gasteiger partial charge in [-0.3, -0.25) is 14.8 Å². The first-order valence-corrected chi connectivity index (χ1v) is 9.24. The number of carbonyl (C=O) groups excluding carboxylic acids is 1. The maximum absolute atomic E-state index is 12.6. The van der Waals surface area contributed by atoms with Gasteiger partial charge in [0.15, 0.2) is 5.69 Å². The van der Waals surface area contributed by atoms with Crippen molar-refractivity contribution in [2.24, 2.45) is 0 Å². The number of thiophene rings is 1. The molecule has 8 heteroatoms. The van der Waals surface area contributed by atoms with Crippen LogP contribution in [0.3, 0.4) is 0 Å². The van der Waals surface area contributed by atoms with E-state index in [0.29, 0.717) is 5.69 Å². The van der Waals surface area contributed by atoms with E-state index in [1.54, 1.807) is 17.5 Å². The second-order valence-electron chi connectivity index (χ2n) is 6.08. The van der Waals surface area contributed by atoms with Crippen LogP contribution >= 0.6 is 11.3 Å². The van der Waals surface area contributed by atoms with Crippen molar-refractivity contribution in [2.45, 2.75) is 6.54 Å². The molecule has 130 valence electrons. The molecule has 3 aromatic heterocycles. The highest BCUT2D eigenvalue weighted by atomic mass is 32.1. The Morgan fingerprint density at radius 3 is 2.84 bits per heavy atom. The highest BCUT2D eigenvalue weighted by Crippen LogP contribution is 2.23. The first-order valence-electron chi connectivity index (χ1n) is 8.36. The van der Waals surface area contributed by atoms with E-state index < -0.39 is 0 Å². The summed E-state index contributed by atoms with van der Waals surface area (Å²) < 4.78 is 2.08. The van der Waals surface area contributed by atoms with Gasteiger partial charge < -0.3 is 9.47 Å². The Kier molecular flexibility index (Phi) is 4.62. The van der Waals surface area contributed by atoms with Crippen molar-refractivity contribution in [2.75, 3.05) is 32.7 Å². The lowest BCUT2D eigenvalue weighted by atomic mass is 10.2. The van der Waals surface area contributed by atoms with Gasteiger partial charge in [0.2, 0.25) is 0 Å². The molecular formula is C17H20N6OS. The Labute approximate surface area is 149 Å². The zero-order valence-corrected chi connectivity index (χ0v) is 14.7. The Hall–Kier alpha value is -2.45. The molecule has 0 radical (unpaired) electrons. The van der Waals surface area contributed by atoms with Gasteiger partial charge in [0.1, 0.15) is 0 Å². The van der Waals surface area contributed by atoms with Crippen molar-refractivity contribution in [3.05, 3.63) is 48.0 Å². The standard InChI is InChI=1S/C17H20N6OS/c24-17(15-12-14(19-20-15)16-2-1-11-25-16)23-9-7-21(8-10-23)5-6-22-4-3-18-13-22/h1-4,11-13H,5-10H2,(H,19,20). The zero-order chi connectivity index (χ0) is 17.1. The molecule has 4 heterocycles. The third kappa shape index (κ3) is 3.64. The summed E-state index contributed by atoms with van der Waals surface area (Å²) in [5.41, 5.74) is 1.40. The normalized spacial score (nSPS) is 15.6. The van der Waals surface area contributed by atoms with Crippen LogP contribution in [0.5, 0.6) is 0 Å².